The van der Waals surface area contributed by atoms with Crippen LogP contribution in [0.25, 0.3) is 0 Å². The Labute approximate surface area is 110 Å². The van der Waals surface area contributed by atoms with Crippen molar-refractivity contribution < 1.29 is 10.2 Å². The molecule has 0 radical (unpaired) electrons. The highest BCUT2D eigenvalue weighted by Crippen LogP contribution is 2.16. The highest BCUT2D eigenvalue weighted by molar-refractivity contribution is 6.32. The molecule has 6 nitrogen and oxygen atoms in total. The maximum absolute atomic E-state index is 11.9. The maximum atomic E-state index is 11.9. The molecular formula is C11H18ClN3O3. The van der Waals surface area contributed by atoms with Gasteiger partial charge in [0.15, 0.2) is 0 Å². The Kier molecular flexibility index (Phi) is 5.58. The summed E-state index contributed by atoms with van der Waals surface area (Å²) in [6.45, 7) is 3.91. The lowest BCUT2D eigenvalue weighted by Crippen LogP contribution is -2.31. The molecule has 3 N–H and O–H groups in total. The number of aliphatic hydroxyl groups is 2. The van der Waals surface area contributed by atoms with Crippen molar-refractivity contribution in [3.63, 3.8) is 0 Å². The summed E-state index contributed by atoms with van der Waals surface area (Å²) in [5, 5.41) is 24.7. The molecule has 0 bridgehead atoms. The van der Waals surface area contributed by atoms with Crippen LogP contribution in [-0.4, -0.2) is 39.2 Å². The van der Waals surface area contributed by atoms with Gasteiger partial charge < -0.3 is 15.5 Å². The summed E-state index contributed by atoms with van der Waals surface area (Å²) < 4.78 is 1.30. The predicted molar refractivity (Wildman–Crippen MR) is 69.9 cm³/mol. The molecule has 1 aromatic heterocycles. The standard InChI is InChI=1S/C11H18ClN3O3/c1-7(2)4-15-11(18)10(12)9(3-13-15)14-8(5-16)6-17/h3,7-8,14,16-17H,4-6H2,1-2H3. The normalized spacial score (nSPS) is 11.3. The van der Waals surface area contributed by atoms with E-state index in [0.29, 0.717) is 12.2 Å². The number of nitrogens with zero attached hydrogens (tertiary/aromatic N) is 2. The highest BCUT2D eigenvalue weighted by Gasteiger charge is 2.13. The number of nitrogens with one attached hydrogen (secondary N) is 1. The Morgan fingerprint density at radius 1 is 1.44 bits per heavy atom. The molecule has 1 rings (SSSR count). The quantitative estimate of drug-likeness (QED) is 0.696. The Balaban J connectivity index is 2.97. The third-order valence-corrected chi connectivity index (χ3v) is 2.69. The smallest absolute Gasteiger partial charge is 0.287 e. The average Bonchev–Trinajstić information content (AvgIpc) is 2.34. The Bertz CT molecular complexity index is 444. The van der Waals surface area contributed by atoms with Gasteiger partial charge in [-0.2, -0.15) is 5.10 Å². The van der Waals surface area contributed by atoms with E-state index in [1.54, 1.807) is 0 Å². The van der Waals surface area contributed by atoms with Crippen molar-refractivity contribution in [1.82, 2.24) is 9.78 Å². The van der Waals surface area contributed by atoms with Gasteiger partial charge in [-0.3, -0.25) is 4.79 Å². The van der Waals surface area contributed by atoms with Crippen LogP contribution in [0.15, 0.2) is 11.0 Å². The number of anilines is 1. The number of rotatable bonds is 6. The summed E-state index contributed by atoms with van der Waals surface area (Å²) in [6.07, 6.45) is 1.42. The summed E-state index contributed by atoms with van der Waals surface area (Å²) in [7, 11) is 0. The van der Waals surface area contributed by atoms with Crippen molar-refractivity contribution in [2.24, 2.45) is 5.92 Å². The minimum absolute atomic E-state index is 0.0116. The Hall–Kier alpha value is -1.11. The van der Waals surface area contributed by atoms with Crippen LogP contribution in [0.5, 0.6) is 0 Å². The van der Waals surface area contributed by atoms with E-state index in [0.717, 1.165) is 0 Å². The first-order chi connectivity index (χ1) is 8.49. The van der Waals surface area contributed by atoms with Crippen molar-refractivity contribution >= 4 is 17.3 Å². The third-order valence-electron chi connectivity index (χ3n) is 2.32. The molecule has 0 saturated heterocycles. The molecule has 0 aliphatic carbocycles. The zero-order chi connectivity index (χ0) is 13.7. The molecule has 1 heterocycles. The lowest BCUT2D eigenvalue weighted by molar-refractivity contribution is 0.204. The zero-order valence-electron chi connectivity index (χ0n) is 10.4. The molecule has 0 amide bonds. The first kappa shape index (κ1) is 14.9. The second kappa shape index (κ2) is 6.72. The molecule has 102 valence electrons. The van der Waals surface area contributed by atoms with Crippen molar-refractivity contribution in [3.8, 4) is 0 Å². The maximum Gasteiger partial charge on any atom is 0.287 e. The van der Waals surface area contributed by atoms with E-state index in [2.05, 4.69) is 10.4 Å². The lowest BCUT2D eigenvalue weighted by atomic mass is 10.2. The largest absolute Gasteiger partial charge is 0.394 e. The highest BCUT2D eigenvalue weighted by atomic mass is 35.5. The van der Waals surface area contributed by atoms with Gasteiger partial charge in [0.1, 0.15) is 5.02 Å². The summed E-state index contributed by atoms with van der Waals surface area (Å²) in [5.74, 6) is 0.285. The molecule has 1 aromatic rings. The first-order valence-corrected chi connectivity index (χ1v) is 6.11. The number of aliphatic hydroxyl groups excluding tert-OH is 2. The summed E-state index contributed by atoms with van der Waals surface area (Å²) in [5.41, 5.74) is -0.0697. The molecule has 18 heavy (non-hydrogen) atoms. The van der Waals surface area contributed by atoms with Gasteiger partial charge in [-0.05, 0) is 5.92 Å². The van der Waals surface area contributed by atoms with Crippen LogP contribution in [-0.2, 0) is 6.54 Å². The van der Waals surface area contributed by atoms with Gasteiger partial charge in [0, 0.05) is 6.54 Å². The van der Waals surface area contributed by atoms with E-state index in [4.69, 9.17) is 21.8 Å². The van der Waals surface area contributed by atoms with Crippen molar-refractivity contribution in [3.05, 3.63) is 21.6 Å². The van der Waals surface area contributed by atoms with Crippen molar-refractivity contribution in [2.75, 3.05) is 18.5 Å². The molecule has 0 saturated carbocycles. The van der Waals surface area contributed by atoms with E-state index in [-0.39, 0.29) is 29.7 Å². The van der Waals surface area contributed by atoms with E-state index < -0.39 is 6.04 Å². The number of hydrogen-bond acceptors (Lipinski definition) is 5. The fourth-order valence-electron chi connectivity index (χ4n) is 1.41. The summed E-state index contributed by atoms with van der Waals surface area (Å²) in [4.78, 5) is 11.9. The minimum atomic E-state index is -0.565. The van der Waals surface area contributed by atoms with Crippen LogP contribution in [0.4, 0.5) is 5.69 Å². The van der Waals surface area contributed by atoms with Crippen molar-refractivity contribution in [2.45, 2.75) is 26.4 Å². The summed E-state index contributed by atoms with van der Waals surface area (Å²) in [6, 6.07) is -0.565. The molecule has 0 fully saturated rings. The molecule has 0 aliphatic rings. The van der Waals surface area contributed by atoms with Crippen LogP contribution in [0.2, 0.25) is 5.02 Å². The second-order valence-electron chi connectivity index (χ2n) is 4.46. The fraction of sp³-hybridized carbons (Fsp3) is 0.636. The van der Waals surface area contributed by atoms with Gasteiger partial charge in [0.05, 0.1) is 31.1 Å². The average molecular weight is 276 g/mol. The Morgan fingerprint density at radius 3 is 2.56 bits per heavy atom. The van der Waals surface area contributed by atoms with Crippen LogP contribution in [0, 0.1) is 5.92 Å². The van der Waals surface area contributed by atoms with Gasteiger partial charge >= 0.3 is 0 Å². The van der Waals surface area contributed by atoms with Crippen LogP contribution >= 0.6 is 11.6 Å². The van der Waals surface area contributed by atoms with Gasteiger partial charge in [-0.15, -0.1) is 0 Å². The molecule has 7 heteroatoms. The third kappa shape index (κ3) is 3.69. The van der Waals surface area contributed by atoms with E-state index in [1.807, 2.05) is 13.8 Å². The molecule has 0 unspecified atom stereocenters. The van der Waals surface area contributed by atoms with Gasteiger partial charge in [-0.1, -0.05) is 25.4 Å². The minimum Gasteiger partial charge on any atom is -0.394 e. The fourth-order valence-corrected chi connectivity index (χ4v) is 1.61. The zero-order valence-corrected chi connectivity index (χ0v) is 11.2. The number of hydrogen-bond donors (Lipinski definition) is 3. The van der Waals surface area contributed by atoms with Crippen LogP contribution < -0.4 is 10.9 Å². The monoisotopic (exact) mass is 275 g/mol. The first-order valence-electron chi connectivity index (χ1n) is 5.73. The van der Waals surface area contributed by atoms with E-state index in [9.17, 15) is 4.79 Å². The number of halogens is 1. The lowest BCUT2D eigenvalue weighted by Gasteiger charge is -2.16. The van der Waals surface area contributed by atoms with Gasteiger partial charge in [0.2, 0.25) is 0 Å². The Morgan fingerprint density at radius 2 is 2.06 bits per heavy atom. The van der Waals surface area contributed by atoms with Crippen LogP contribution in [0.1, 0.15) is 13.8 Å². The van der Waals surface area contributed by atoms with Crippen molar-refractivity contribution in [1.29, 1.82) is 0 Å². The molecule has 0 spiro atoms. The molecule has 0 aromatic carbocycles. The SMILES string of the molecule is CC(C)Cn1ncc(NC(CO)CO)c(Cl)c1=O. The molecule has 0 atom stereocenters. The topological polar surface area (TPSA) is 87.4 Å². The second-order valence-corrected chi connectivity index (χ2v) is 4.84. The molecular weight excluding hydrogens is 258 g/mol. The number of aromatic nitrogens is 2. The van der Waals surface area contributed by atoms with Gasteiger partial charge in [0.25, 0.3) is 5.56 Å². The van der Waals surface area contributed by atoms with E-state index >= 15 is 0 Å². The van der Waals surface area contributed by atoms with Crippen LogP contribution in [0.3, 0.4) is 0 Å². The molecule has 0 aliphatic heterocycles. The summed E-state index contributed by atoms with van der Waals surface area (Å²) >= 11 is 5.94. The predicted octanol–water partition coefficient (Wildman–Crippen LogP) is 0.318. The van der Waals surface area contributed by atoms with Gasteiger partial charge in [-0.25, -0.2) is 4.68 Å². The van der Waals surface area contributed by atoms with E-state index in [1.165, 1.54) is 10.9 Å².